The third-order valence-electron chi connectivity index (χ3n) is 15.7. The van der Waals surface area contributed by atoms with Crippen LogP contribution >= 0.6 is 0 Å². The molecule has 0 spiro atoms. The molecule has 7 aliphatic rings. The molecule has 0 heterocycles. The lowest BCUT2D eigenvalue weighted by atomic mass is 9.44. The van der Waals surface area contributed by atoms with Crippen LogP contribution in [-0.2, 0) is 0 Å². The fraction of sp³-hybridized carbons (Fsp3) is 0.911. The maximum Gasteiger partial charge on any atom is -0.0197 e. The highest BCUT2D eigenvalue weighted by Crippen LogP contribution is 2.64. The quantitative estimate of drug-likeness (QED) is 0.197. The summed E-state index contributed by atoms with van der Waals surface area (Å²) in [7, 11) is 0. The summed E-state index contributed by atoms with van der Waals surface area (Å²) in [5, 5.41) is 0. The van der Waals surface area contributed by atoms with Gasteiger partial charge >= 0.3 is 0 Å². The second-order valence-electron chi connectivity index (χ2n) is 18.0. The zero-order valence-corrected chi connectivity index (χ0v) is 30.9. The van der Waals surface area contributed by atoms with Crippen LogP contribution in [0.3, 0.4) is 0 Å². The molecule has 0 aromatic heterocycles. The van der Waals surface area contributed by atoms with E-state index in [-0.39, 0.29) is 0 Å². The van der Waals surface area contributed by atoms with Crippen LogP contribution in [0.25, 0.3) is 0 Å². The molecule has 0 bridgehead atoms. The van der Waals surface area contributed by atoms with Gasteiger partial charge in [-0.1, -0.05) is 116 Å². The second-order valence-corrected chi connectivity index (χ2v) is 18.0. The van der Waals surface area contributed by atoms with E-state index < -0.39 is 0 Å². The van der Waals surface area contributed by atoms with Crippen molar-refractivity contribution in [1.82, 2.24) is 0 Å². The van der Waals surface area contributed by atoms with Gasteiger partial charge in [0.1, 0.15) is 0 Å². The maximum atomic E-state index is 2.98. The van der Waals surface area contributed by atoms with E-state index in [1.807, 2.05) is 19.4 Å². The van der Waals surface area contributed by atoms with Gasteiger partial charge in [-0.2, -0.15) is 0 Å². The molecule has 0 N–H and O–H groups in total. The molecule has 5 fully saturated rings. The summed E-state index contributed by atoms with van der Waals surface area (Å²) >= 11 is 0. The molecule has 0 aromatic rings. The first-order valence-corrected chi connectivity index (χ1v) is 21.5. The number of rotatable bonds is 7. The first-order valence-electron chi connectivity index (χ1n) is 21.5. The lowest BCUT2D eigenvalue weighted by molar-refractivity contribution is -0.120. The Morgan fingerprint density at radius 1 is 0.644 bits per heavy atom. The van der Waals surface area contributed by atoms with Gasteiger partial charge in [-0.05, 0) is 166 Å². The largest absolute Gasteiger partial charge is 0.0882 e. The van der Waals surface area contributed by atoms with Crippen molar-refractivity contribution in [2.45, 2.75) is 176 Å². The van der Waals surface area contributed by atoms with Crippen LogP contribution in [0.4, 0.5) is 0 Å². The van der Waals surface area contributed by atoms with Crippen molar-refractivity contribution >= 4 is 0 Å². The van der Waals surface area contributed by atoms with E-state index in [0.29, 0.717) is 0 Å². The molecule has 45 heavy (non-hydrogen) atoms. The van der Waals surface area contributed by atoms with Crippen molar-refractivity contribution in [3.8, 4) is 0 Å². The molecular formula is C45H76. The predicted octanol–water partition coefficient (Wildman–Crippen LogP) is 13.9. The SMILES string of the molecule is CC.CCCCCC(C)C1=CC(C2C3CCCCC3C(C3CC4C=CCCC4CC4CCCC[C@@H]43)C3CCC(C)CC32)CCC1. The Labute approximate surface area is 281 Å². The average molecular weight is 617 g/mol. The first kappa shape index (κ1) is 34.3. The first-order chi connectivity index (χ1) is 22.1. The lowest BCUT2D eigenvalue weighted by Gasteiger charge is -2.61. The fourth-order valence-electron chi connectivity index (χ4n) is 13.9. The summed E-state index contributed by atoms with van der Waals surface area (Å²) in [5.41, 5.74) is 1.89. The summed E-state index contributed by atoms with van der Waals surface area (Å²) < 4.78 is 0. The molecular weight excluding hydrogens is 540 g/mol. The minimum absolute atomic E-state index is 0.833. The summed E-state index contributed by atoms with van der Waals surface area (Å²) in [6.07, 6.45) is 41.7. The number of allylic oxidation sites excluding steroid dienone is 4. The summed E-state index contributed by atoms with van der Waals surface area (Å²) in [6.45, 7) is 11.6. The highest BCUT2D eigenvalue weighted by atomic mass is 14.6. The van der Waals surface area contributed by atoms with E-state index in [1.165, 1.54) is 77.0 Å². The second kappa shape index (κ2) is 16.3. The molecule has 0 nitrogen and oxygen atoms in total. The third-order valence-corrected chi connectivity index (χ3v) is 15.7. The Morgan fingerprint density at radius 2 is 1.36 bits per heavy atom. The standard InChI is InChI=1S/C43H70.C2H6/c1-4-5-6-14-30(3)31-18-13-19-35(26-31)42-37-21-11-12-22-38(37)43(39-24-23-29(2)25-40(39)42)41-28-33-16-8-7-15-32(33)27-34-17-9-10-20-36(34)41;1-2/h8,16,26,29-30,32-43H,4-7,9-15,17-25,27-28H2,1-3H3;1-2H3/t29?,30?,32?,33?,34?,35?,36-,37?,38?,39?,40?,41?,42?,43?;/m0./s1. The average Bonchev–Trinajstić information content (AvgIpc) is 3.25. The van der Waals surface area contributed by atoms with Crippen LogP contribution in [0.1, 0.15) is 176 Å². The van der Waals surface area contributed by atoms with Crippen LogP contribution in [0.15, 0.2) is 23.8 Å². The third kappa shape index (κ3) is 7.41. The van der Waals surface area contributed by atoms with Gasteiger partial charge in [0.25, 0.3) is 0 Å². The summed E-state index contributed by atoms with van der Waals surface area (Å²) in [5.74, 6) is 14.1. The van der Waals surface area contributed by atoms with Crippen LogP contribution in [0.5, 0.6) is 0 Å². The fourth-order valence-corrected chi connectivity index (χ4v) is 13.9. The molecule has 7 rings (SSSR count). The Morgan fingerprint density at radius 3 is 2.16 bits per heavy atom. The predicted molar refractivity (Wildman–Crippen MR) is 196 cm³/mol. The smallest absolute Gasteiger partial charge is 0.0197 e. The van der Waals surface area contributed by atoms with Crippen molar-refractivity contribution in [2.24, 2.45) is 82.9 Å². The number of hydrogen-bond acceptors (Lipinski definition) is 0. The topological polar surface area (TPSA) is 0 Å². The van der Waals surface area contributed by atoms with Gasteiger partial charge in [0.2, 0.25) is 0 Å². The van der Waals surface area contributed by atoms with Gasteiger partial charge in [-0.15, -0.1) is 0 Å². The molecule has 256 valence electrons. The van der Waals surface area contributed by atoms with Gasteiger partial charge in [-0.25, -0.2) is 0 Å². The van der Waals surface area contributed by atoms with Crippen molar-refractivity contribution < 1.29 is 0 Å². The zero-order chi connectivity index (χ0) is 31.3. The van der Waals surface area contributed by atoms with Gasteiger partial charge in [0.15, 0.2) is 0 Å². The van der Waals surface area contributed by atoms with Gasteiger partial charge in [0, 0.05) is 0 Å². The molecule has 0 heteroatoms. The Kier molecular flexibility index (Phi) is 12.4. The number of unbranched alkanes of at least 4 members (excludes halogenated alkanes) is 2. The molecule has 0 radical (unpaired) electrons. The van der Waals surface area contributed by atoms with Crippen LogP contribution in [0.2, 0.25) is 0 Å². The number of fused-ring (bicyclic) bond motifs is 4. The number of hydrogen-bond donors (Lipinski definition) is 0. The van der Waals surface area contributed by atoms with E-state index in [0.717, 1.165) is 82.9 Å². The van der Waals surface area contributed by atoms with E-state index in [1.54, 1.807) is 64.2 Å². The normalized spacial score (nSPS) is 45.3. The molecule has 14 atom stereocenters. The molecule has 7 aliphatic carbocycles. The molecule has 13 unspecified atom stereocenters. The van der Waals surface area contributed by atoms with Crippen molar-refractivity contribution in [2.75, 3.05) is 0 Å². The monoisotopic (exact) mass is 617 g/mol. The Bertz CT molecular complexity index is 955. The van der Waals surface area contributed by atoms with Crippen LogP contribution < -0.4 is 0 Å². The summed E-state index contributed by atoms with van der Waals surface area (Å²) in [4.78, 5) is 0. The van der Waals surface area contributed by atoms with Crippen LogP contribution in [-0.4, -0.2) is 0 Å². The molecule has 0 amide bonds. The Hall–Kier alpha value is -0.520. The highest BCUT2D eigenvalue weighted by molar-refractivity contribution is 5.16. The van der Waals surface area contributed by atoms with Crippen LogP contribution in [0, 0.1) is 82.9 Å². The van der Waals surface area contributed by atoms with Crippen molar-refractivity contribution in [3.63, 3.8) is 0 Å². The van der Waals surface area contributed by atoms with Crippen molar-refractivity contribution in [1.29, 1.82) is 0 Å². The molecule has 0 aliphatic heterocycles. The van der Waals surface area contributed by atoms with Gasteiger partial charge in [0.05, 0.1) is 0 Å². The minimum atomic E-state index is 0.833. The Balaban J connectivity index is 0.00000175. The van der Waals surface area contributed by atoms with Gasteiger partial charge in [-0.3, -0.25) is 0 Å². The molecule has 0 aromatic carbocycles. The van der Waals surface area contributed by atoms with Crippen molar-refractivity contribution in [3.05, 3.63) is 23.8 Å². The zero-order valence-electron chi connectivity index (χ0n) is 30.9. The van der Waals surface area contributed by atoms with E-state index in [4.69, 9.17) is 0 Å². The molecule has 0 saturated heterocycles. The lowest BCUT2D eigenvalue weighted by Crippen LogP contribution is -2.55. The summed E-state index contributed by atoms with van der Waals surface area (Å²) in [6, 6.07) is 0. The van der Waals surface area contributed by atoms with E-state index >= 15 is 0 Å². The van der Waals surface area contributed by atoms with Gasteiger partial charge < -0.3 is 0 Å². The minimum Gasteiger partial charge on any atom is -0.0882 e. The van der Waals surface area contributed by atoms with E-state index in [2.05, 4.69) is 39.0 Å². The van der Waals surface area contributed by atoms with E-state index in [9.17, 15) is 0 Å². The highest BCUT2D eigenvalue weighted by Gasteiger charge is 2.57. The molecule has 5 saturated carbocycles. The maximum absolute atomic E-state index is 2.98.